The molecule has 6 nitrogen and oxygen atoms in total. The first-order valence-corrected chi connectivity index (χ1v) is 9.25. The highest BCUT2D eigenvalue weighted by atomic mass is 32.2. The Morgan fingerprint density at radius 1 is 1.08 bits per heavy atom. The van der Waals surface area contributed by atoms with E-state index in [0.717, 1.165) is 11.3 Å². The standard InChI is InChI=1S/C17H16N4O2S/c22-17(20-8-10-24(23)11-9-20)14-12-19-21-15(6-7-18-16(14)21)13-4-2-1-3-5-13/h1-7,12H,8-11H2. The summed E-state index contributed by atoms with van der Waals surface area (Å²) in [5.41, 5.74) is 2.94. The van der Waals surface area contributed by atoms with Crippen molar-refractivity contribution in [1.82, 2.24) is 19.5 Å². The predicted molar refractivity (Wildman–Crippen MR) is 92.2 cm³/mol. The number of benzene rings is 1. The Bertz CT molecular complexity index is 913. The Labute approximate surface area is 141 Å². The summed E-state index contributed by atoms with van der Waals surface area (Å²) < 4.78 is 13.2. The van der Waals surface area contributed by atoms with Gasteiger partial charge in [0.25, 0.3) is 5.91 Å². The number of fused-ring (bicyclic) bond motifs is 1. The molecule has 1 aliphatic rings. The Kier molecular flexibility index (Phi) is 3.86. The van der Waals surface area contributed by atoms with E-state index in [1.165, 1.54) is 0 Å². The largest absolute Gasteiger partial charge is 0.337 e. The average Bonchev–Trinajstić information content (AvgIpc) is 3.06. The van der Waals surface area contributed by atoms with Crippen LogP contribution in [0, 0.1) is 0 Å². The van der Waals surface area contributed by atoms with Gasteiger partial charge in [-0.25, -0.2) is 9.50 Å². The fourth-order valence-corrected chi connectivity index (χ4v) is 3.93. The van der Waals surface area contributed by atoms with Gasteiger partial charge in [-0.15, -0.1) is 0 Å². The van der Waals surface area contributed by atoms with Gasteiger partial charge in [0.2, 0.25) is 0 Å². The third-order valence-electron chi connectivity index (χ3n) is 4.17. The summed E-state index contributed by atoms with van der Waals surface area (Å²) in [6.45, 7) is 1.03. The van der Waals surface area contributed by atoms with Crippen molar-refractivity contribution in [3.63, 3.8) is 0 Å². The van der Waals surface area contributed by atoms with Crippen LogP contribution in [0.2, 0.25) is 0 Å². The highest BCUT2D eigenvalue weighted by Crippen LogP contribution is 2.21. The first-order valence-electron chi connectivity index (χ1n) is 7.76. The normalized spacial score (nSPS) is 15.8. The number of hydrogen-bond donors (Lipinski definition) is 0. The summed E-state index contributed by atoms with van der Waals surface area (Å²) in [7, 11) is -0.810. The molecule has 0 N–H and O–H groups in total. The van der Waals surface area contributed by atoms with Gasteiger partial charge in [0, 0.05) is 47.2 Å². The molecule has 1 fully saturated rings. The van der Waals surface area contributed by atoms with Crippen LogP contribution in [0.15, 0.2) is 48.8 Å². The first kappa shape index (κ1) is 15.0. The molecule has 1 aliphatic heterocycles. The number of amides is 1. The molecular weight excluding hydrogens is 324 g/mol. The van der Waals surface area contributed by atoms with Crippen molar-refractivity contribution in [3.8, 4) is 11.3 Å². The van der Waals surface area contributed by atoms with Crippen molar-refractivity contribution in [1.29, 1.82) is 0 Å². The van der Waals surface area contributed by atoms with Gasteiger partial charge in [0.15, 0.2) is 5.65 Å². The van der Waals surface area contributed by atoms with Crippen LogP contribution < -0.4 is 0 Å². The quantitative estimate of drug-likeness (QED) is 0.711. The maximum atomic E-state index is 12.8. The lowest BCUT2D eigenvalue weighted by atomic mass is 10.1. The number of rotatable bonds is 2. The third-order valence-corrected chi connectivity index (χ3v) is 5.44. The van der Waals surface area contributed by atoms with Crippen molar-refractivity contribution in [3.05, 3.63) is 54.4 Å². The highest BCUT2D eigenvalue weighted by Gasteiger charge is 2.24. The Morgan fingerprint density at radius 3 is 2.58 bits per heavy atom. The number of aromatic nitrogens is 3. The van der Waals surface area contributed by atoms with Gasteiger partial charge in [-0.2, -0.15) is 5.10 Å². The van der Waals surface area contributed by atoms with Crippen LogP contribution in [-0.4, -0.2) is 54.2 Å². The smallest absolute Gasteiger partial charge is 0.259 e. The monoisotopic (exact) mass is 340 g/mol. The molecule has 2 aromatic heterocycles. The molecule has 0 bridgehead atoms. The van der Waals surface area contributed by atoms with E-state index >= 15 is 0 Å². The maximum Gasteiger partial charge on any atom is 0.259 e. The molecule has 0 saturated carbocycles. The molecule has 1 saturated heterocycles. The molecule has 3 aromatic rings. The fraction of sp³-hybridized carbons (Fsp3) is 0.235. The molecule has 0 unspecified atom stereocenters. The highest BCUT2D eigenvalue weighted by molar-refractivity contribution is 7.85. The SMILES string of the molecule is O=C(c1cnn2c(-c3ccccc3)ccnc12)N1CCS(=O)CC1. The molecule has 1 aromatic carbocycles. The van der Waals surface area contributed by atoms with Crippen LogP contribution in [0.4, 0.5) is 0 Å². The second kappa shape index (κ2) is 6.16. The van der Waals surface area contributed by atoms with Crippen LogP contribution in [0.3, 0.4) is 0 Å². The topological polar surface area (TPSA) is 67.6 Å². The lowest BCUT2D eigenvalue weighted by Crippen LogP contribution is -2.41. The van der Waals surface area contributed by atoms with Crippen molar-refractivity contribution in [2.45, 2.75) is 0 Å². The van der Waals surface area contributed by atoms with Crippen LogP contribution >= 0.6 is 0 Å². The molecule has 0 aliphatic carbocycles. The predicted octanol–water partition coefficient (Wildman–Crippen LogP) is 1.60. The molecule has 122 valence electrons. The van der Waals surface area contributed by atoms with Gasteiger partial charge in [0.1, 0.15) is 5.56 Å². The lowest BCUT2D eigenvalue weighted by Gasteiger charge is -2.25. The summed E-state index contributed by atoms with van der Waals surface area (Å²) in [4.78, 5) is 18.8. The van der Waals surface area contributed by atoms with E-state index in [0.29, 0.717) is 35.8 Å². The van der Waals surface area contributed by atoms with Gasteiger partial charge >= 0.3 is 0 Å². The van der Waals surface area contributed by atoms with E-state index in [1.54, 1.807) is 21.8 Å². The minimum Gasteiger partial charge on any atom is -0.337 e. The van der Waals surface area contributed by atoms with Crippen LogP contribution in [0.25, 0.3) is 16.9 Å². The minimum atomic E-state index is -0.810. The Balaban J connectivity index is 1.73. The van der Waals surface area contributed by atoms with E-state index < -0.39 is 10.8 Å². The van der Waals surface area contributed by atoms with Crippen molar-refractivity contribution >= 4 is 22.4 Å². The van der Waals surface area contributed by atoms with E-state index in [-0.39, 0.29) is 5.91 Å². The van der Waals surface area contributed by atoms with E-state index in [9.17, 15) is 9.00 Å². The zero-order chi connectivity index (χ0) is 16.5. The maximum absolute atomic E-state index is 12.8. The Hall–Kier alpha value is -2.54. The third kappa shape index (κ3) is 2.60. The summed E-state index contributed by atoms with van der Waals surface area (Å²) in [6, 6.07) is 11.8. The van der Waals surface area contributed by atoms with Gasteiger partial charge in [-0.1, -0.05) is 30.3 Å². The van der Waals surface area contributed by atoms with Gasteiger partial charge in [0.05, 0.1) is 11.9 Å². The minimum absolute atomic E-state index is 0.0978. The summed E-state index contributed by atoms with van der Waals surface area (Å²) in [6.07, 6.45) is 3.27. The van der Waals surface area contributed by atoms with Gasteiger partial charge in [-0.05, 0) is 6.07 Å². The fourth-order valence-electron chi connectivity index (χ4n) is 2.88. The molecule has 7 heteroatoms. The van der Waals surface area contributed by atoms with E-state index in [2.05, 4.69) is 10.1 Å². The zero-order valence-electron chi connectivity index (χ0n) is 13.0. The molecule has 1 amide bonds. The van der Waals surface area contributed by atoms with E-state index in [4.69, 9.17) is 0 Å². The Morgan fingerprint density at radius 2 is 1.83 bits per heavy atom. The van der Waals surface area contributed by atoms with Crippen molar-refractivity contribution in [2.24, 2.45) is 0 Å². The second-order valence-corrected chi connectivity index (χ2v) is 7.33. The average molecular weight is 340 g/mol. The second-order valence-electron chi connectivity index (χ2n) is 5.63. The van der Waals surface area contributed by atoms with Crippen molar-refractivity contribution in [2.75, 3.05) is 24.6 Å². The van der Waals surface area contributed by atoms with Gasteiger partial charge < -0.3 is 4.90 Å². The molecule has 0 radical (unpaired) electrons. The summed E-state index contributed by atoms with van der Waals surface area (Å²) in [5, 5.41) is 4.37. The molecule has 24 heavy (non-hydrogen) atoms. The number of hydrogen-bond acceptors (Lipinski definition) is 4. The summed E-state index contributed by atoms with van der Waals surface area (Å²) >= 11 is 0. The summed E-state index contributed by atoms with van der Waals surface area (Å²) in [5.74, 6) is 0.973. The zero-order valence-corrected chi connectivity index (χ0v) is 13.8. The number of nitrogens with zero attached hydrogens (tertiary/aromatic N) is 4. The van der Waals surface area contributed by atoms with Gasteiger partial charge in [-0.3, -0.25) is 9.00 Å². The molecule has 4 rings (SSSR count). The molecule has 3 heterocycles. The van der Waals surface area contributed by atoms with Crippen LogP contribution in [-0.2, 0) is 10.8 Å². The lowest BCUT2D eigenvalue weighted by molar-refractivity contribution is 0.0773. The molecule has 0 spiro atoms. The number of carbonyl (C=O) groups is 1. The van der Waals surface area contributed by atoms with E-state index in [1.807, 2.05) is 36.4 Å². The van der Waals surface area contributed by atoms with Crippen molar-refractivity contribution < 1.29 is 9.00 Å². The molecule has 0 atom stereocenters. The number of carbonyl (C=O) groups excluding carboxylic acids is 1. The van der Waals surface area contributed by atoms with Crippen LogP contribution in [0.1, 0.15) is 10.4 Å². The first-order chi connectivity index (χ1) is 11.7. The molecular formula is C17H16N4O2S. The van der Waals surface area contributed by atoms with Crippen LogP contribution in [0.5, 0.6) is 0 Å².